The number of methoxy groups -OCH3 is 1. The van der Waals surface area contributed by atoms with Crippen molar-refractivity contribution < 1.29 is 13.9 Å². The van der Waals surface area contributed by atoms with Crippen molar-refractivity contribution in [2.45, 2.75) is 12.6 Å². The Morgan fingerprint density at radius 3 is 2.43 bits per heavy atom. The van der Waals surface area contributed by atoms with Crippen LogP contribution in [0.4, 0.5) is 4.39 Å². The predicted molar refractivity (Wildman–Crippen MR) is 83.9 cm³/mol. The second-order valence-corrected chi connectivity index (χ2v) is 4.45. The van der Waals surface area contributed by atoms with E-state index in [0.717, 1.165) is 5.56 Å². The van der Waals surface area contributed by atoms with Gasteiger partial charge in [0.15, 0.2) is 11.5 Å². The lowest BCUT2D eigenvalue weighted by atomic mass is 10.1. The smallest absolute Gasteiger partial charge is 0.161 e. The van der Waals surface area contributed by atoms with Crippen molar-refractivity contribution in [1.82, 2.24) is 0 Å². The zero-order valence-electron chi connectivity index (χ0n) is 11.8. The first kappa shape index (κ1) is 17.3. The van der Waals surface area contributed by atoms with Gasteiger partial charge in [0.25, 0.3) is 0 Å². The fourth-order valence-electron chi connectivity index (χ4n) is 1.86. The van der Waals surface area contributed by atoms with Crippen molar-refractivity contribution in [3.05, 3.63) is 59.7 Å². The highest BCUT2D eigenvalue weighted by Gasteiger charge is 2.11. The summed E-state index contributed by atoms with van der Waals surface area (Å²) in [4.78, 5) is 0. The van der Waals surface area contributed by atoms with Gasteiger partial charge in [-0.05, 0) is 23.3 Å². The molecule has 0 fully saturated rings. The van der Waals surface area contributed by atoms with Crippen LogP contribution in [0.15, 0.2) is 48.5 Å². The minimum atomic E-state index is -0.639. The molecule has 5 heteroatoms. The molecule has 0 bridgehead atoms. The predicted octanol–water partition coefficient (Wildman–Crippen LogP) is 3.67. The van der Waals surface area contributed by atoms with E-state index < -0.39 is 12.7 Å². The molecule has 0 saturated heterocycles. The summed E-state index contributed by atoms with van der Waals surface area (Å²) in [6, 6.07) is 14.4. The van der Waals surface area contributed by atoms with E-state index in [2.05, 4.69) is 0 Å². The Morgan fingerprint density at radius 2 is 1.81 bits per heavy atom. The van der Waals surface area contributed by atoms with E-state index in [9.17, 15) is 4.39 Å². The fraction of sp³-hybridized carbons (Fsp3) is 0.250. The molecule has 0 amide bonds. The highest BCUT2D eigenvalue weighted by molar-refractivity contribution is 5.85. The van der Waals surface area contributed by atoms with Crippen LogP contribution in [-0.4, -0.2) is 13.8 Å². The van der Waals surface area contributed by atoms with Gasteiger partial charge in [0.2, 0.25) is 0 Å². The molecule has 2 N–H and O–H groups in total. The number of hydrogen-bond donors (Lipinski definition) is 1. The van der Waals surface area contributed by atoms with E-state index in [1.54, 1.807) is 25.3 Å². The van der Waals surface area contributed by atoms with Crippen LogP contribution < -0.4 is 15.2 Å². The highest BCUT2D eigenvalue weighted by atomic mass is 35.5. The van der Waals surface area contributed by atoms with Crippen molar-refractivity contribution in [2.24, 2.45) is 5.73 Å². The zero-order valence-corrected chi connectivity index (χ0v) is 12.6. The number of nitrogens with two attached hydrogens (primary N) is 1. The lowest BCUT2D eigenvalue weighted by molar-refractivity contribution is 0.283. The van der Waals surface area contributed by atoms with Gasteiger partial charge >= 0.3 is 0 Å². The highest BCUT2D eigenvalue weighted by Crippen LogP contribution is 2.30. The van der Waals surface area contributed by atoms with Crippen LogP contribution in [-0.2, 0) is 6.61 Å². The van der Waals surface area contributed by atoms with E-state index in [0.29, 0.717) is 23.7 Å². The third-order valence-electron chi connectivity index (χ3n) is 3.02. The summed E-state index contributed by atoms with van der Waals surface area (Å²) < 4.78 is 23.6. The second-order valence-electron chi connectivity index (χ2n) is 4.45. The molecule has 2 aromatic carbocycles. The SMILES string of the molecule is COc1ccc([C@@H](N)CF)cc1OCc1ccccc1.Cl. The molecule has 0 aromatic heterocycles. The van der Waals surface area contributed by atoms with Gasteiger partial charge in [-0.1, -0.05) is 36.4 Å². The minimum Gasteiger partial charge on any atom is -0.493 e. The normalized spacial score (nSPS) is 11.4. The molecule has 0 saturated carbocycles. The fourth-order valence-corrected chi connectivity index (χ4v) is 1.86. The molecule has 1 atom stereocenters. The third-order valence-corrected chi connectivity index (χ3v) is 3.02. The van der Waals surface area contributed by atoms with Gasteiger partial charge in [0.05, 0.1) is 13.2 Å². The molecule has 0 spiro atoms. The molecular formula is C16H19ClFNO2. The Kier molecular flexibility index (Phi) is 6.99. The van der Waals surface area contributed by atoms with Crippen molar-refractivity contribution in [1.29, 1.82) is 0 Å². The average molecular weight is 312 g/mol. The molecule has 114 valence electrons. The maximum atomic E-state index is 12.6. The van der Waals surface area contributed by atoms with Gasteiger partial charge in [-0.3, -0.25) is 0 Å². The number of hydrogen-bond acceptors (Lipinski definition) is 3. The van der Waals surface area contributed by atoms with Gasteiger partial charge < -0.3 is 15.2 Å². The maximum Gasteiger partial charge on any atom is 0.161 e. The largest absolute Gasteiger partial charge is 0.493 e. The summed E-state index contributed by atoms with van der Waals surface area (Å²) in [6.07, 6.45) is 0. The standard InChI is InChI=1S/C16H18FNO2.ClH/c1-19-15-8-7-13(14(18)10-17)9-16(15)20-11-12-5-3-2-4-6-12;/h2-9,14H,10-11,18H2,1H3;1H/t14-;/m0./s1. The van der Waals surface area contributed by atoms with Crippen molar-refractivity contribution in [2.75, 3.05) is 13.8 Å². The van der Waals surface area contributed by atoms with Gasteiger partial charge in [0.1, 0.15) is 13.3 Å². The Labute approximate surface area is 130 Å². The zero-order chi connectivity index (χ0) is 14.4. The monoisotopic (exact) mass is 311 g/mol. The van der Waals surface area contributed by atoms with Gasteiger partial charge in [-0.2, -0.15) is 0 Å². The Hall–Kier alpha value is -1.78. The lowest BCUT2D eigenvalue weighted by Gasteiger charge is -2.14. The molecule has 0 aliphatic rings. The third kappa shape index (κ3) is 4.62. The summed E-state index contributed by atoms with van der Waals surface area (Å²) >= 11 is 0. The van der Waals surface area contributed by atoms with Crippen LogP contribution in [0.2, 0.25) is 0 Å². The first-order valence-electron chi connectivity index (χ1n) is 6.40. The second kappa shape index (κ2) is 8.49. The number of ether oxygens (including phenoxy) is 2. The van der Waals surface area contributed by atoms with Gasteiger partial charge in [-0.25, -0.2) is 4.39 Å². The topological polar surface area (TPSA) is 44.5 Å². The molecule has 0 aliphatic carbocycles. The Morgan fingerprint density at radius 1 is 1.10 bits per heavy atom. The van der Waals surface area contributed by atoms with Gasteiger partial charge in [-0.15, -0.1) is 12.4 Å². The molecule has 0 aliphatic heterocycles. The quantitative estimate of drug-likeness (QED) is 0.885. The van der Waals surface area contributed by atoms with E-state index in [-0.39, 0.29) is 12.4 Å². The number of alkyl halides is 1. The van der Waals surface area contributed by atoms with Crippen LogP contribution in [0, 0.1) is 0 Å². The van der Waals surface area contributed by atoms with Crippen LogP contribution in [0.5, 0.6) is 11.5 Å². The Bertz CT molecular complexity index is 551. The molecule has 0 unspecified atom stereocenters. The molecule has 2 aromatic rings. The summed E-state index contributed by atoms with van der Waals surface area (Å²) in [6.45, 7) is -0.185. The molecule has 0 heterocycles. The summed E-state index contributed by atoms with van der Waals surface area (Å²) in [5.74, 6) is 1.17. The first-order chi connectivity index (χ1) is 9.74. The molecule has 2 rings (SSSR count). The van der Waals surface area contributed by atoms with E-state index in [4.69, 9.17) is 15.2 Å². The van der Waals surface area contributed by atoms with Crippen molar-refractivity contribution in [3.8, 4) is 11.5 Å². The summed E-state index contributed by atoms with van der Waals surface area (Å²) in [7, 11) is 1.57. The number of benzene rings is 2. The summed E-state index contributed by atoms with van der Waals surface area (Å²) in [5, 5.41) is 0. The molecule has 21 heavy (non-hydrogen) atoms. The van der Waals surface area contributed by atoms with Crippen LogP contribution in [0.1, 0.15) is 17.2 Å². The lowest BCUT2D eigenvalue weighted by Crippen LogP contribution is -2.12. The van der Waals surface area contributed by atoms with E-state index in [1.807, 2.05) is 30.3 Å². The van der Waals surface area contributed by atoms with E-state index >= 15 is 0 Å². The van der Waals surface area contributed by atoms with Crippen LogP contribution in [0.25, 0.3) is 0 Å². The van der Waals surface area contributed by atoms with Crippen molar-refractivity contribution in [3.63, 3.8) is 0 Å². The minimum absolute atomic E-state index is 0. The van der Waals surface area contributed by atoms with Gasteiger partial charge in [0, 0.05) is 0 Å². The number of halogens is 2. The molecule has 0 radical (unpaired) electrons. The van der Waals surface area contributed by atoms with Crippen LogP contribution >= 0.6 is 12.4 Å². The maximum absolute atomic E-state index is 12.6. The Balaban J connectivity index is 0.00000220. The molecular weight excluding hydrogens is 293 g/mol. The van der Waals surface area contributed by atoms with Crippen molar-refractivity contribution >= 4 is 12.4 Å². The van der Waals surface area contributed by atoms with Crippen LogP contribution in [0.3, 0.4) is 0 Å². The number of rotatable bonds is 6. The average Bonchev–Trinajstić information content (AvgIpc) is 2.52. The van der Waals surface area contributed by atoms with E-state index in [1.165, 1.54) is 0 Å². The molecule has 3 nitrogen and oxygen atoms in total. The first-order valence-corrected chi connectivity index (χ1v) is 6.40. The summed E-state index contributed by atoms with van der Waals surface area (Å²) in [5.41, 5.74) is 7.43.